The Hall–Kier alpha value is -3.30. The highest BCUT2D eigenvalue weighted by molar-refractivity contribution is 5.66. The number of alkyl halides is 3. The lowest BCUT2D eigenvalue weighted by atomic mass is 9.91. The molecule has 156 valence electrons. The van der Waals surface area contributed by atoms with Gasteiger partial charge in [0.1, 0.15) is 17.0 Å². The Morgan fingerprint density at radius 1 is 1.03 bits per heavy atom. The maximum atomic E-state index is 13.0. The molecule has 0 saturated heterocycles. The molecule has 0 amide bonds. The van der Waals surface area contributed by atoms with Crippen LogP contribution < -0.4 is 10.6 Å². The molecule has 1 saturated carbocycles. The highest BCUT2D eigenvalue weighted by atomic mass is 19.4. The summed E-state index contributed by atoms with van der Waals surface area (Å²) < 4.78 is 42.4. The van der Waals surface area contributed by atoms with Crippen LogP contribution in [0.2, 0.25) is 0 Å². The van der Waals surface area contributed by atoms with E-state index in [9.17, 15) is 13.2 Å². The lowest BCUT2D eigenvalue weighted by Crippen LogP contribution is -2.33. The van der Waals surface area contributed by atoms with Crippen LogP contribution in [-0.2, 0) is 6.18 Å². The quantitative estimate of drug-likeness (QED) is 0.522. The van der Waals surface area contributed by atoms with Gasteiger partial charge in [0.15, 0.2) is 11.5 Å². The van der Waals surface area contributed by atoms with Crippen LogP contribution in [0.1, 0.15) is 31.4 Å². The summed E-state index contributed by atoms with van der Waals surface area (Å²) in [4.78, 5) is 12.3. The summed E-state index contributed by atoms with van der Waals surface area (Å²) in [5.74, 6) is 1.44. The zero-order valence-corrected chi connectivity index (χ0v) is 16.0. The van der Waals surface area contributed by atoms with Gasteiger partial charge in [-0.1, -0.05) is 6.07 Å². The van der Waals surface area contributed by atoms with Gasteiger partial charge in [0.2, 0.25) is 0 Å². The lowest BCUT2D eigenvalue weighted by molar-refractivity contribution is -0.140. The van der Waals surface area contributed by atoms with E-state index < -0.39 is 11.9 Å². The van der Waals surface area contributed by atoms with E-state index in [1.807, 2.05) is 10.6 Å². The van der Waals surface area contributed by atoms with Gasteiger partial charge in [-0.2, -0.15) is 13.2 Å². The molecule has 5 rings (SSSR count). The highest BCUT2D eigenvalue weighted by Crippen LogP contribution is 2.30. The number of rotatable bonds is 4. The fourth-order valence-corrected chi connectivity index (χ4v) is 4.01. The molecule has 1 fully saturated rings. The molecule has 1 aliphatic carbocycles. The zero-order chi connectivity index (χ0) is 20.7. The maximum Gasteiger partial charge on any atom is 0.434 e. The molecule has 7 nitrogen and oxygen atoms in total. The van der Waals surface area contributed by atoms with E-state index in [2.05, 4.69) is 25.6 Å². The smallest absolute Gasteiger partial charge is 0.368 e. The monoisotopic (exact) mass is 415 g/mol. The van der Waals surface area contributed by atoms with Crippen molar-refractivity contribution in [2.24, 2.45) is 0 Å². The number of nitrogens with one attached hydrogen (secondary N) is 2. The number of hydrogen-bond donors (Lipinski definition) is 2. The minimum atomic E-state index is -4.46. The molecular weight excluding hydrogens is 395 g/mol. The summed E-state index contributed by atoms with van der Waals surface area (Å²) >= 11 is 0. The predicted octanol–water partition coefficient (Wildman–Crippen LogP) is 4.23. The summed E-state index contributed by atoms with van der Waals surface area (Å²) in [5, 5.41) is 6.90. The molecule has 0 radical (unpaired) electrons. The molecule has 4 heterocycles. The topological polar surface area (TPSA) is 71.5 Å². The molecular formula is C20H20F3N7. The number of anilines is 2. The normalized spacial score (nSPS) is 20.0. The lowest BCUT2D eigenvalue weighted by Gasteiger charge is -2.30. The molecule has 0 unspecified atom stereocenters. The molecule has 4 aromatic heterocycles. The fourth-order valence-electron chi connectivity index (χ4n) is 4.01. The van der Waals surface area contributed by atoms with E-state index in [0.717, 1.165) is 43.2 Å². The zero-order valence-electron chi connectivity index (χ0n) is 16.0. The first kappa shape index (κ1) is 18.7. The van der Waals surface area contributed by atoms with Crippen molar-refractivity contribution in [2.45, 2.75) is 43.9 Å². The third-order valence-corrected chi connectivity index (χ3v) is 5.54. The minimum Gasteiger partial charge on any atom is -0.368 e. The van der Waals surface area contributed by atoms with Crippen molar-refractivity contribution in [1.29, 1.82) is 0 Å². The average molecular weight is 415 g/mol. The van der Waals surface area contributed by atoms with E-state index in [-0.39, 0.29) is 17.7 Å². The summed E-state index contributed by atoms with van der Waals surface area (Å²) in [6.07, 6.45) is 7.37. The highest BCUT2D eigenvalue weighted by Gasteiger charge is 2.34. The molecule has 0 atom stereocenters. The summed E-state index contributed by atoms with van der Waals surface area (Å²) in [5.41, 5.74) is 0.332. The van der Waals surface area contributed by atoms with Crippen LogP contribution in [0.4, 0.5) is 24.8 Å². The Labute approximate surface area is 170 Å². The van der Waals surface area contributed by atoms with Crippen molar-refractivity contribution < 1.29 is 13.2 Å². The van der Waals surface area contributed by atoms with Crippen LogP contribution >= 0.6 is 0 Å². The molecule has 0 aliphatic heterocycles. The van der Waals surface area contributed by atoms with E-state index in [4.69, 9.17) is 0 Å². The molecule has 4 aromatic rings. The van der Waals surface area contributed by atoms with Gasteiger partial charge >= 0.3 is 6.18 Å². The molecule has 0 bridgehead atoms. The summed E-state index contributed by atoms with van der Waals surface area (Å²) in [6.45, 7) is 0. The molecule has 0 spiro atoms. The van der Waals surface area contributed by atoms with Gasteiger partial charge in [0.25, 0.3) is 0 Å². The third kappa shape index (κ3) is 3.53. The molecule has 1 aliphatic rings. The third-order valence-electron chi connectivity index (χ3n) is 5.54. The second-order valence-corrected chi connectivity index (χ2v) is 7.56. The first-order valence-electron chi connectivity index (χ1n) is 9.82. The Morgan fingerprint density at radius 2 is 1.80 bits per heavy atom. The van der Waals surface area contributed by atoms with Gasteiger partial charge in [-0.05, 0) is 37.8 Å². The number of pyridine rings is 1. The first-order chi connectivity index (χ1) is 14.5. The van der Waals surface area contributed by atoms with Gasteiger partial charge in [-0.15, -0.1) is 0 Å². The number of halogens is 3. The van der Waals surface area contributed by atoms with Crippen LogP contribution in [0.3, 0.4) is 0 Å². The second kappa shape index (κ2) is 7.19. The van der Waals surface area contributed by atoms with E-state index in [1.165, 1.54) is 4.40 Å². The Balaban J connectivity index is 1.25. The van der Waals surface area contributed by atoms with Crippen LogP contribution in [0.15, 0.2) is 49.3 Å². The van der Waals surface area contributed by atoms with Gasteiger partial charge in [-0.25, -0.2) is 15.0 Å². The summed E-state index contributed by atoms with van der Waals surface area (Å²) in [7, 11) is 0. The van der Waals surface area contributed by atoms with Crippen molar-refractivity contribution in [3.8, 4) is 0 Å². The first-order valence-corrected chi connectivity index (χ1v) is 9.82. The average Bonchev–Trinajstić information content (AvgIpc) is 3.37. The number of imidazole rings is 2. The Bertz CT molecular complexity index is 1170. The van der Waals surface area contributed by atoms with Gasteiger partial charge in [-0.3, -0.25) is 4.40 Å². The van der Waals surface area contributed by atoms with Crippen LogP contribution in [0, 0.1) is 0 Å². The van der Waals surface area contributed by atoms with Crippen LogP contribution in [-0.4, -0.2) is 35.8 Å². The number of hydrogen-bond acceptors (Lipinski definition) is 5. The molecule has 0 aromatic carbocycles. The van der Waals surface area contributed by atoms with Gasteiger partial charge in [0.05, 0.1) is 12.5 Å². The Kier molecular flexibility index (Phi) is 4.48. The van der Waals surface area contributed by atoms with Gasteiger partial charge in [0, 0.05) is 30.7 Å². The van der Waals surface area contributed by atoms with E-state index in [1.54, 1.807) is 36.9 Å². The molecule has 30 heavy (non-hydrogen) atoms. The van der Waals surface area contributed by atoms with Crippen molar-refractivity contribution in [3.05, 3.63) is 55.0 Å². The molecule has 10 heteroatoms. The standard InChI is InChI=1S/C20H20F3N7/c21-20(22,23)16-11-30-17(2-1-3-18(30)28-16)26-13-4-6-14(7-5-13)27-19-15-10-24-12-29(15)9-8-25-19/h1-3,8-14,26H,4-7H2,(H,25,27). The Morgan fingerprint density at radius 3 is 2.57 bits per heavy atom. The van der Waals surface area contributed by atoms with E-state index >= 15 is 0 Å². The van der Waals surface area contributed by atoms with Crippen molar-refractivity contribution in [1.82, 2.24) is 23.8 Å². The molecule has 2 N–H and O–H groups in total. The van der Waals surface area contributed by atoms with Crippen LogP contribution in [0.5, 0.6) is 0 Å². The van der Waals surface area contributed by atoms with Crippen LogP contribution in [0.25, 0.3) is 11.2 Å². The number of fused-ring (bicyclic) bond motifs is 2. The SMILES string of the molecule is FC(F)(F)c1cn2c(NC3CCC(Nc4nccn5cncc45)CC3)cccc2n1. The van der Waals surface area contributed by atoms with Crippen molar-refractivity contribution in [2.75, 3.05) is 10.6 Å². The largest absolute Gasteiger partial charge is 0.434 e. The predicted molar refractivity (Wildman–Crippen MR) is 106 cm³/mol. The summed E-state index contributed by atoms with van der Waals surface area (Å²) in [6, 6.07) is 5.55. The van der Waals surface area contributed by atoms with Crippen molar-refractivity contribution >= 4 is 22.8 Å². The second-order valence-electron chi connectivity index (χ2n) is 7.56. The fraction of sp³-hybridized carbons (Fsp3) is 0.350. The van der Waals surface area contributed by atoms with Crippen molar-refractivity contribution in [3.63, 3.8) is 0 Å². The number of nitrogens with zero attached hydrogens (tertiary/aromatic N) is 5. The maximum absolute atomic E-state index is 13.0. The van der Waals surface area contributed by atoms with Gasteiger partial charge < -0.3 is 15.0 Å². The van der Waals surface area contributed by atoms with E-state index in [0.29, 0.717) is 5.82 Å². The number of aromatic nitrogens is 5. The minimum absolute atomic E-state index is 0.184.